The molecule has 0 radical (unpaired) electrons. The van der Waals surface area contributed by atoms with Crippen LogP contribution in [-0.2, 0) is 10.3 Å². The van der Waals surface area contributed by atoms with E-state index in [-0.39, 0.29) is 37.4 Å². The van der Waals surface area contributed by atoms with E-state index in [0.717, 1.165) is 0 Å². The van der Waals surface area contributed by atoms with Gasteiger partial charge in [-0.1, -0.05) is 36.4 Å². The van der Waals surface area contributed by atoms with Crippen LogP contribution in [0.2, 0.25) is 0 Å². The molecule has 0 saturated carbocycles. The van der Waals surface area contributed by atoms with Crippen LogP contribution < -0.4 is 10.3 Å². The Morgan fingerprint density at radius 3 is 2.58 bits per heavy atom. The zero-order valence-corrected chi connectivity index (χ0v) is 16.7. The van der Waals surface area contributed by atoms with Gasteiger partial charge in [0.2, 0.25) is 5.76 Å². The van der Waals surface area contributed by atoms with Crippen molar-refractivity contribution in [2.24, 2.45) is 0 Å². The van der Waals surface area contributed by atoms with Crippen LogP contribution in [0.1, 0.15) is 28.1 Å². The fourth-order valence-corrected chi connectivity index (χ4v) is 4.78. The Balaban J connectivity index is 1.91. The van der Waals surface area contributed by atoms with Gasteiger partial charge in [-0.05, 0) is 24.6 Å². The first-order chi connectivity index (χ1) is 15.1. The Kier molecular flexibility index (Phi) is 4.30. The molecule has 1 spiro atoms. The van der Waals surface area contributed by atoms with Crippen molar-refractivity contribution >= 4 is 28.5 Å². The molecule has 0 fully saturated rings. The molecule has 2 aliphatic heterocycles. The summed E-state index contributed by atoms with van der Waals surface area (Å²) < 4.78 is 5.91. The van der Waals surface area contributed by atoms with Crippen LogP contribution in [0.15, 0.2) is 70.4 Å². The minimum Gasteiger partial charge on any atom is -0.450 e. The SMILES string of the molecule is C=CCN1C(=O)[C@@]2(c3ccccc31)c1c(oc3ccccc3c1=O)C(=O)N2CCCO. The molecule has 156 valence electrons. The minimum absolute atomic E-state index is 0.0400. The summed E-state index contributed by atoms with van der Waals surface area (Å²) in [4.78, 5) is 44.1. The van der Waals surface area contributed by atoms with Gasteiger partial charge in [-0.25, -0.2) is 0 Å². The zero-order chi connectivity index (χ0) is 21.8. The van der Waals surface area contributed by atoms with E-state index < -0.39 is 22.8 Å². The lowest BCUT2D eigenvalue weighted by Crippen LogP contribution is -2.53. The fourth-order valence-electron chi connectivity index (χ4n) is 4.78. The quantitative estimate of drug-likeness (QED) is 0.645. The number of aliphatic hydroxyl groups is 1. The number of hydrogen-bond donors (Lipinski definition) is 1. The summed E-state index contributed by atoms with van der Waals surface area (Å²) in [6.45, 7) is 3.91. The third-order valence-electron chi connectivity index (χ3n) is 5.99. The summed E-state index contributed by atoms with van der Waals surface area (Å²) in [6.07, 6.45) is 1.86. The number of para-hydroxylation sites is 2. The molecular formula is C24H20N2O5. The molecule has 7 nitrogen and oxygen atoms in total. The zero-order valence-electron chi connectivity index (χ0n) is 16.7. The first kappa shape index (κ1) is 19.3. The normalized spacial score (nSPS) is 19.4. The van der Waals surface area contributed by atoms with Crippen LogP contribution in [0.25, 0.3) is 11.0 Å². The Hall–Kier alpha value is -3.71. The van der Waals surface area contributed by atoms with Gasteiger partial charge in [-0.2, -0.15) is 0 Å². The monoisotopic (exact) mass is 416 g/mol. The van der Waals surface area contributed by atoms with E-state index in [2.05, 4.69) is 6.58 Å². The Morgan fingerprint density at radius 2 is 1.81 bits per heavy atom. The lowest BCUT2D eigenvalue weighted by molar-refractivity contribution is -0.126. The molecule has 3 aromatic rings. The number of anilines is 1. The predicted molar refractivity (Wildman–Crippen MR) is 115 cm³/mol. The Bertz CT molecular complexity index is 1310. The number of nitrogens with zero attached hydrogens (tertiary/aromatic N) is 2. The van der Waals surface area contributed by atoms with E-state index in [1.165, 1.54) is 9.80 Å². The van der Waals surface area contributed by atoms with Crippen molar-refractivity contribution in [3.63, 3.8) is 0 Å². The van der Waals surface area contributed by atoms with Gasteiger partial charge in [0, 0.05) is 25.3 Å². The van der Waals surface area contributed by atoms with E-state index in [1.807, 2.05) is 0 Å². The minimum atomic E-state index is -1.63. The first-order valence-electron chi connectivity index (χ1n) is 10.1. The van der Waals surface area contributed by atoms with Crippen molar-refractivity contribution in [1.82, 2.24) is 4.90 Å². The molecule has 0 saturated heterocycles. The summed E-state index contributed by atoms with van der Waals surface area (Å²) in [7, 11) is 0. The first-order valence-corrected chi connectivity index (χ1v) is 10.1. The number of hydrogen-bond acceptors (Lipinski definition) is 5. The summed E-state index contributed by atoms with van der Waals surface area (Å²) in [5.41, 5.74) is -0.533. The van der Waals surface area contributed by atoms with Crippen LogP contribution in [0, 0.1) is 0 Å². The highest BCUT2D eigenvalue weighted by Crippen LogP contribution is 2.52. The molecule has 1 N–H and O–H groups in total. The number of benzene rings is 2. The third-order valence-corrected chi connectivity index (χ3v) is 5.99. The molecule has 1 aromatic heterocycles. The molecular weight excluding hydrogens is 396 g/mol. The van der Waals surface area contributed by atoms with Gasteiger partial charge in [0.15, 0.2) is 11.0 Å². The van der Waals surface area contributed by atoms with Crippen molar-refractivity contribution < 1.29 is 19.1 Å². The summed E-state index contributed by atoms with van der Waals surface area (Å²) >= 11 is 0. The number of fused-ring (bicyclic) bond motifs is 5. The maximum absolute atomic E-state index is 14.0. The van der Waals surface area contributed by atoms with Crippen molar-refractivity contribution in [2.75, 3.05) is 24.6 Å². The Labute approximate surface area is 177 Å². The van der Waals surface area contributed by atoms with Crippen LogP contribution in [0.5, 0.6) is 0 Å². The number of amides is 2. The van der Waals surface area contributed by atoms with E-state index in [9.17, 15) is 19.5 Å². The van der Waals surface area contributed by atoms with Gasteiger partial charge in [0.05, 0.1) is 16.6 Å². The average molecular weight is 416 g/mol. The second kappa shape index (κ2) is 6.92. The van der Waals surface area contributed by atoms with E-state index in [4.69, 9.17) is 4.42 Å². The van der Waals surface area contributed by atoms with Gasteiger partial charge < -0.3 is 19.3 Å². The Morgan fingerprint density at radius 1 is 1.06 bits per heavy atom. The van der Waals surface area contributed by atoms with E-state index >= 15 is 0 Å². The second-order valence-electron chi connectivity index (χ2n) is 7.60. The van der Waals surface area contributed by atoms with Crippen molar-refractivity contribution in [3.05, 3.63) is 88.3 Å². The number of carbonyl (C=O) groups excluding carboxylic acids is 2. The van der Waals surface area contributed by atoms with Gasteiger partial charge in [0.1, 0.15) is 5.58 Å². The lowest BCUT2D eigenvalue weighted by atomic mass is 9.84. The second-order valence-corrected chi connectivity index (χ2v) is 7.60. The molecule has 1 atom stereocenters. The molecule has 2 aliphatic rings. The number of carbonyl (C=O) groups is 2. The molecule has 31 heavy (non-hydrogen) atoms. The summed E-state index contributed by atoms with van der Waals surface area (Å²) in [6, 6.07) is 13.8. The van der Waals surface area contributed by atoms with Crippen molar-refractivity contribution in [2.45, 2.75) is 12.0 Å². The number of rotatable bonds is 5. The standard InChI is InChI=1S/C24H20N2O5/c1-2-12-25-17-10-5-4-9-16(17)24(23(25)30)19-20(28)15-8-3-6-11-18(15)31-21(19)22(29)26(24)13-7-14-27/h2-6,8-11,27H,1,7,12-14H2/t24-/m1/s1. The predicted octanol–water partition coefficient (Wildman–Crippen LogP) is 2.41. The summed E-state index contributed by atoms with van der Waals surface area (Å²) in [5.74, 6) is -1.05. The molecule has 2 aromatic carbocycles. The molecule has 0 aliphatic carbocycles. The molecule has 7 heteroatoms. The highest BCUT2D eigenvalue weighted by molar-refractivity contribution is 6.17. The topological polar surface area (TPSA) is 91.1 Å². The maximum Gasteiger partial charge on any atom is 0.291 e. The van der Waals surface area contributed by atoms with Crippen LogP contribution in [0.4, 0.5) is 5.69 Å². The average Bonchev–Trinajstić information content (AvgIpc) is 3.18. The van der Waals surface area contributed by atoms with Gasteiger partial charge >= 0.3 is 0 Å². The molecule has 2 amide bonds. The third kappa shape index (κ3) is 2.35. The fraction of sp³-hybridized carbons (Fsp3) is 0.208. The van der Waals surface area contributed by atoms with Crippen molar-refractivity contribution in [1.29, 1.82) is 0 Å². The molecule has 0 bridgehead atoms. The largest absolute Gasteiger partial charge is 0.450 e. The number of aliphatic hydroxyl groups excluding tert-OH is 1. The molecule has 5 rings (SSSR count). The van der Waals surface area contributed by atoms with Crippen LogP contribution >= 0.6 is 0 Å². The van der Waals surface area contributed by atoms with Crippen LogP contribution in [0.3, 0.4) is 0 Å². The molecule has 0 unspecified atom stereocenters. The van der Waals surface area contributed by atoms with Gasteiger partial charge in [-0.3, -0.25) is 14.4 Å². The molecule has 3 heterocycles. The van der Waals surface area contributed by atoms with Crippen molar-refractivity contribution in [3.8, 4) is 0 Å². The summed E-state index contributed by atoms with van der Waals surface area (Å²) in [5, 5.41) is 9.75. The lowest BCUT2D eigenvalue weighted by Gasteiger charge is -2.34. The van der Waals surface area contributed by atoms with Gasteiger partial charge in [0.25, 0.3) is 11.8 Å². The van der Waals surface area contributed by atoms with Gasteiger partial charge in [-0.15, -0.1) is 6.58 Å². The van der Waals surface area contributed by atoms with E-state index in [1.54, 1.807) is 54.6 Å². The van der Waals surface area contributed by atoms with Crippen LogP contribution in [-0.4, -0.2) is 41.5 Å². The highest BCUT2D eigenvalue weighted by atomic mass is 16.3. The maximum atomic E-state index is 14.0. The van der Waals surface area contributed by atoms with E-state index in [0.29, 0.717) is 22.2 Å². The highest BCUT2D eigenvalue weighted by Gasteiger charge is 2.64. The smallest absolute Gasteiger partial charge is 0.291 e.